The number of nitrogens with one attached hydrogen (secondary N) is 1. The van der Waals surface area contributed by atoms with Crippen molar-refractivity contribution in [2.75, 3.05) is 12.3 Å². The maximum atomic E-state index is 3.71. The molecule has 1 heterocycles. The summed E-state index contributed by atoms with van der Waals surface area (Å²) in [5.74, 6) is 1.35. The summed E-state index contributed by atoms with van der Waals surface area (Å²) in [7, 11) is 0. The molecule has 0 aromatic heterocycles. The monoisotopic (exact) mass is 277 g/mol. The van der Waals surface area contributed by atoms with Crippen molar-refractivity contribution in [2.24, 2.45) is 0 Å². The third-order valence-electron chi connectivity index (χ3n) is 4.16. The third kappa shape index (κ3) is 4.25. The van der Waals surface area contributed by atoms with E-state index in [1.165, 1.54) is 48.1 Å². The molecule has 19 heavy (non-hydrogen) atoms. The van der Waals surface area contributed by atoms with E-state index in [9.17, 15) is 0 Å². The third-order valence-corrected chi connectivity index (χ3v) is 5.67. The second-order valence-corrected chi connectivity index (χ2v) is 7.04. The first-order chi connectivity index (χ1) is 9.20. The van der Waals surface area contributed by atoms with Crippen molar-refractivity contribution in [3.05, 3.63) is 34.9 Å². The summed E-state index contributed by atoms with van der Waals surface area (Å²) in [6, 6.07) is 7.58. The van der Waals surface area contributed by atoms with Gasteiger partial charge in [0.1, 0.15) is 0 Å². The molecule has 2 atom stereocenters. The van der Waals surface area contributed by atoms with Crippen molar-refractivity contribution >= 4 is 11.8 Å². The number of thioether (sulfide) groups is 1. The minimum atomic E-state index is 0.636. The van der Waals surface area contributed by atoms with E-state index in [1.54, 1.807) is 0 Å². The minimum absolute atomic E-state index is 0.636. The molecular weight excluding hydrogens is 250 g/mol. The van der Waals surface area contributed by atoms with Gasteiger partial charge in [0, 0.05) is 11.3 Å². The lowest BCUT2D eigenvalue weighted by molar-refractivity contribution is 0.472. The molecule has 1 aromatic rings. The summed E-state index contributed by atoms with van der Waals surface area (Å²) in [6.45, 7) is 7.71. The Labute approximate surface area is 122 Å². The van der Waals surface area contributed by atoms with Crippen LogP contribution >= 0.6 is 11.8 Å². The molecule has 1 saturated heterocycles. The Bertz CT molecular complexity index is 396. The molecule has 1 aliphatic rings. The maximum absolute atomic E-state index is 3.71. The first-order valence-corrected chi connectivity index (χ1v) is 8.66. The van der Waals surface area contributed by atoms with Crippen molar-refractivity contribution < 1.29 is 0 Å². The van der Waals surface area contributed by atoms with E-state index in [2.05, 4.69) is 56.0 Å². The normalized spacial score (nSPS) is 21.3. The van der Waals surface area contributed by atoms with Crippen molar-refractivity contribution in [2.45, 2.75) is 57.7 Å². The van der Waals surface area contributed by atoms with Crippen LogP contribution < -0.4 is 5.32 Å². The van der Waals surface area contributed by atoms with E-state index in [0.29, 0.717) is 6.04 Å². The Hall–Kier alpha value is -0.470. The molecule has 1 fully saturated rings. The van der Waals surface area contributed by atoms with Crippen LogP contribution in [0.5, 0.6) is 0 Å². The molecule has 106 valence electrons. The van der Waals surface area contributed by atoms with Crippen LogP contribution in [0.15, 0.2) is 18.2 Å². The molecule has 0 amide bonds. The van der Waals surface area contributed by atoms with Gasteiger partial charge in [0.25, 0.3) is 0 Å². The first kappa shape index (κ1) is 14.9. The standard InChI is InChI=1S/C17H27NS/c1-4-18-16(17-7-5-6-10-19-17)12-15-9-8-13(2)14(3)11-15/h8-9,11,16-18H,4-7,10,12H2,1-3H3. The highest BCUT2D eigenvalue weighted by atomic mass is 32.2. The number of hydrogen-bond donors (Lipinski definition) is 1. The first-order valence-electron chi connectivity index (χ1n) is 7.62. The molecule has 0 bridgehead atoms. The fourth-order valence-electron chi connectivity index (χ4n) is 2.86. The molecule has 0 aliphatic carbocycles. The summed E-state index contributed by atoms with van der Waals surface area (Å²) in [5, 5.41) is 4.52. The summed E-state index contributed by atoms with van der Waals surface area (Å²) >= 11 is 2.18. The van der Waals surface area contributed by atoms with E-state index < -0.39 is 0 Å². The Morgan fingerprint density at radius 2 is 2.11 bits per heavy atom. The predicted octanol–water partition coefficient (Wildman–Crippen LogP) is 4.11. The van der Waals surface area contributed by atoms with Gasteiger partial charge >= 0.3 is 0 Å². The zero-order valence-corrected chi connectivity index (χ0v) is 13.4. The molecule has 1 N–H and O–H groups in total. The van der Waals surface area contributed by atoms with Gasteiger partial charge < -0.3 is 5.32 Å². The van der Waals surface area contributed by atoms with Crippen LogP contribution in [0.3, 0.4) is 0 Å². The zero-order chi connectivity index (χ0) is 13.7. The fourth-order valence-corrected chi connectivity index (χ4v) is 4.30. The summed E-state index contributed by atoms with van der Waals surface area (Å²) in [4.78, 5) is 0. The predicted molar refractivity (Wildman–Crippen MR) is 87.2 cm³/mol. The molecule has 0 saturated carbocycles. The van der Waals surface area contributed by atoms with Gasteiger partial charge in [0.15, 0.2) is 0 Å². The lowest BCUT2D eigenvalue weighted by atomic mass is 9.97. The van der Waals surface area contributed by atoms with E-state index in [-0.39, 0.29) is 0 Å². The van der Waals surface area contributed by atoms with Gasteiger partial charge in [-0.1, -0.05) is 31.5 Å². The van der Waals surface area contributed by atoms with E-state index in [4.69, 9.17) is 0 Å². The van der Waals surface area contributed by atoms with Gasteiger partial charge in [0.05, 0.1) is 0 Å². The van der Waals surface area contributed by atoms with Crippen LogP contribution in [0.1, 0.15) is 42.9 Å². The quantitative estimate of drug-likeness (QED) is 0.869. The average molecular weight is 277 g/mol. The number of benzene rings is 1. The smallest absolute Gasteiger partial charge is 0.0226 e. The van der Waals surface area contributed by atoms with Crippen LogP contribution in [-0.2, 0) is 6.42 Å². The van der Waals surface area contributed by atoms with Gasteiger partial charge in [0.2, 0.25) is 0 Å². The molecule has 2 heteroatoms. The number of likely N-dealkylation sites (N-methyl/N-ethyl adjacent to an activating group) is 1. The second-order valence-electron chi connectivity index (χ2n) is 5.69. The Balaban J connectivity index is 2.04. The van der Waals surface area contributed by atoms with Gasteiger partial charge in [-0.3, -0.25) is 0 Å². The molecule has 1 aliphatic heterocycles. The minimum Gasteiger partial charge on any atom is -0.313 e. The van der Waals surface area contributed by atoms with Crippen LogP contribution in [-0.4, -0.2) is 23.6 Å². The lowest BCUT2D eigenvalue weighted by Gasteiger charge is -2.30. The number of hydrogen-bond acceptors (Lipinski definition) is 2. The largest absolute Gasteiger partial charge is 0.313 e. The topological polar surface area (TPSA) is 12.0 Å². The fraction of sp³-hybridized carbons (Fsp3) is 0.647. The zero-order valence-electron chi connectivity index (χ0n) is 12.5. The molecule has 0 radical (unpaired) electrons. The van der Waals surface area contributed by atoms with Gasteiger partial charge in [-0.2, -0.15) is 11.8 Å². The molecular formula is C17H27NS. The Morgan fingerprint density at radius 1 is 1.26 bits per heavy atom. The van der Waals surface area contributed by atoms with Gasteiger partial charge in [-0.25, -0.2) is 0 Å². The Morgan fingerprint density at radius 3 is 2.74 bits per heavy atom. The maximum Gasteiger partial charge on any atom is 0.0226 e. The highest BCUT2D eigenvalue weighted by molar-refractivity contribution is 8.00. The van der Waals surface area contributed by atoms with Crippen LogP contribution in [0.2, 0.25) is 0 Å². The highest BCUT2D eigenvalue weighted by Crippen LogP contribution is 2.29. The molecule has 0 spiro atoms. The van der Waals surface area contributed by atoms with Crippen LogP contribution in [0.4, 0.5) is 0 Å². The Kier molecular flexibility index (Phi) is 5.77. The van der Waals surface area contributed by atoms with E-state index in [0.717, 1.165) is 11.8 Å². The summed E-state index contributed by atoms with van der Waals surface area (Å²) < 4.78 is 0. The van der Waals surface area contributed by atoms with E-state index >= 15 is 0 Å². The molecule has 2 unspecified atom stereocenters. The lowest BCUT2D eigenvalue weighted by Crippen LogP contribution is -2.41. The van der Waals surface area contributed by atoms with E-state index in [1.807, 2.05) is 0 Å². The highest BCUT2D eigenvalue weighted by Gasteiger charge is 2.23. The van der Waals surface area contributed by atoms with Gasteiger partial charge in [-0.15, -0.1) is 0 Å². The van der Waals surface area contributed by atoms with Crippen molar-refractivity contribution in [3.63, 3.8) is 0 Å². The molecule has 1 nitrogen and oxygen atoms in total. The van der Waals surface area contributed by atoms with Crippen LogP contribution in [0, 0.1) is 13.8 Å². The number of rotatable bonds is 5. The van der Waals surface area contributed by atoms with Gasteiger partial charge in [-0.05, 0) is 62.1 Å². The van der Waals surface area contributed by atoms with Crippen molar-refractivity contribution in [1.82, 2.24) is 5.32 Å². The van der Waals surface area contributed by atoms with Crippen molar-refractivity contribution in [1.29, 1.82) is 0 Å². The average Bonchev–Trinajstić information content (AvgIpc) is 2.43. The SMILES string of the molecule is CCNC(Cc1ccc(C)c(C)c1)C1CCCCS1. The molecule has 2 rings (SSSR count). The van der Waals surface area contributed by atoms with Crippen LogP contribution in [0.25, 0.3) is 0 Å². The number of aryl methyl sites for hydroxylation is 2. The van der Waals surface area contributed by atoms with Crippen molar-refractivity contribution in [3.8, 4) is 0 Å². The summed E-state index contributed by atoms with van der Waals surface area (Å²) in [5.41, 5.74) is 4.31. The molecule has 1 aromatic carbocycles. The summed E-state index contributed by atoms with van der Waals surface area (Å²) in [6.07, 6.45) is 5.37. The second kappa shape index (κ2) is 7.35.